The Morgan fingerprint density at radius 2 is 2.14 bits per heavy atom. The highest BCUT2D eigenvalue weighted by Gasteiger charge is 2.47. The first kappa shape index (κ1) is 12.9. The van der Waals surface area contributed by atoms with Crippen LogP contribution in [0.1, 0.15) is 11.1 Å². The topological polar surface area (TPSA) is 69.7 Å². The van der Waals surface area contributed by atoms with Crippen molar-refractivity contribution in [1.29, 1.82) is 0 Å². The highest BCUT2D eigenvalue weighted by molar-refractivity contribution is 14.1. The molecule has 0 amide bonds. The van der Waals surface area contributed by atoms with Crippen molar-refractivity contribution in [3.05, 3.63) is 45.2 Å². The van der Waals surface area contributed by atoms with Crippen LogP contribution < -0.4 is 15.9 Å². The van der Waals surface area contributed by atoms with E-state index in [1.54, 1.807) is 6.20 Å². The molecule has 2 radical (unpaired) electrons. The van der Waals surface area contributed by atoms with Crippen LogP contribution in [0.15, 0.2) is 35.5 Å². The fourth-order valence-electron chi connectivity index (χ4n) is 2.72. The van der Waals surface area contributed by atoms with E-state index in [2.05, 4.69) is 32.6 Å². The largest absolute Gasteiger partial charge is 0.462 e. The summed E-state index contributed by atoms with van der Waals surface area (Å²) in [7, 11) is 5.88. The molecule has 0 saturated carbocycles. The Morgan fingerprint density at radius 1 is 1.29 bits per heavy atom. The maximum absolute atomic E-state index is 5.88. The van der Waals surface area contributed by atoms with Gasteiger partial charge in [-0.05, 0) is 40.8 Å². The molecule has 2 aliphatic rings. The Labute approximate surface area is 136 Å². The zero-order valence-corrected chi connectivity index (χ0v) is 13.0. The smallest absolute Gasteiger partial charge is 0.283 e. The Morgan fingerprint density at radius 3 is 2.90 bits per heavy atom. The van der Waals surface area contributed by atoms with Gasteiger partial charge in [0.05, 0.1) is 0 Å². The van der Waals surface area contributed by atoms with E-state index >= 15 is 0 Å². The molecule has 0 aliphatic carbocycles. The number of benzene rings is 1. The van der Waals surface area contributed by atoms with Gasteiger partial charge in [-0.3, -0.25) is 0 Å². The predicted octanol–water partition coefficient (Wildman–Crippen LogP) is 1.17. The molecular weight excluding hydrogens is 380 g/mol. The van der Waals surface area contributed by atoms with Crippen molar-refractivity contribution in [2.24, 2.45) is 10.7 Å². The molecule has 4 rings (SSSR count). The summed E-state index contributed by atoms with van der Waals surface area (Å²) in [5.41, 5.74) is 7.26. The molecule has 1 spiro atoms. The standard InChI is InChI=1S/C14H9BIN3O2/c15-7-3-10-12(18-5-7)21-11-2-1-8(16)4-9(11)14(10)6-20-13(17)19-14/h1-5H,6H2,(H2,17,19). The number of halogens is 1. The summed E-state index contributed by atoms with van der Waals surface area (Å²) in [5.74, 6) is 1.20. The van der Waals surface area contributed by atoms with E-state index < -0.39 is 5.54 Å². The average Bonchev–Trinajstić information content (AvgIpc) is 2.84. The fourth-order valence-corrected chi connectivity index (χ4v) is 3.21. The second-order valence-corrected chi connectivity index (χ2v) is 6.21. The number of aromatic nitrogens is 1. The Kier molecular flexibility index (Phi) is 2.69. The van der Waals surface area contributed by atoms with E-state index in [4.69, 9.17) is 23.1 Å². The lowest BCUT2D eigenvalue weighted by atomic mass is 9.80. The Balaban J connectivity index is 2.05. The van der Waals surface area contributed by atoms with Crippen molar-refractivity contribution in [2.75, 3.05) is 6.61 Å². The van der Waals surface area contributed by atoms with Crippen molar-refractivity contribution in [3.8, 4) is 11.6 Å². The number of aliphatic imine (C=N–C) groups is 1. The Bertz CT molecular complexity index is 742. The predicted molar refractivity (Wildman–Crippen MR) is 87.2 cm³/mol. The fraction of sp³-hybridized carbons (Fsp3) is 0.143. The molecule has 7 heteroatoms. The first-order chi connectivity index (χ1) is 10.1. The number of hydrogen-bond donors (Lipinski definition) is 1. The summed E-state index contributed by atoms with van der Waals surface area (Å²) in [6, 6.07) is 7.88. The van der Waals surface area contributed by atoms with Gasteiger partial charge in [-0.25, -0.2) is 9.98 Å². The van der Waals surface area contributed by atoms with Gasteiger partial charge in [-0.15, -0.1) is 0 Å². The van der Waals surface area contributed by atoms with Crippen LogP contribution in [-0.2, 0) is 10.3 Å². The number of hydrogen-bond acceptors (Lipinski definition) is 5. The maximum Gasteiger partial charge on any atom is 0.283 e. The van der Waals surface area contributed by atoms with Crippen LogP contribution in [0.3, 0.4) is 0 Å². The average molecular weight is 389 g/mol. The lowest BCUT2D eigenvalue weighted by Gasteiger charge is -2.32. The summed E-state index contributed by atoms with van der Waals surface area (Å²) in [5, 5.41) is 0. The third kappa shape index (κ3) is 1.83. The number of amidine groups is 1. The van der Waals surface area contributed by atoms with Crippen LogP contribution >= 0.6 is 22.6 Å². The molecule has 21 heavy (non-hydrogen) atoms. The number of rotatable bonds is 0. The molecular formula is C14H9BIN3O2. The molecule has 1 atom stereocenters. The van der Waals surface area contributed by atoms with Gasteiger partial charge in [0.1, 0.15) is 20.2 Å². The number of nitrogens with zero attached hydrogens (tertiary/aromatic N) is 2. The molecule has 102 valence electrons. The molecule has 5 nitrogen and oxygen atoms in total. The summed E-state index contributed by atoms with van der Waals surface area (Å²) < 4.78 is 12.4. The number of fused-ring (bicyclic) bond motifs is 4. The van der Waals surface area contributed by atoms with Gasteiger partial charge in [0, 0.05) is 20.9 Å². The van der Waals surface area contributed by atoms with E-state index in [1.165, 1.54) is 0 Å². The van der Waals surface area contributed by atoms with Gasteiger partial charge in [0.15, 0.2) is 5.54 Å². The zero-order chi connectivity index (χ0) is 14.6. The lowest BCUT2D eigenvalue weighted by Crippen LogP contribution is -2.32. The van der Waals surface area contributed by atoms with E-state index in [0.717, 1.165) is 14.7 Å². The molecule has 2 aliphatic heterocycles. The number of nitrogens with two attached hydrogens (primary N) is 1. The van der Waals surface area contributed by atoms with Crippen LogP contribution in [-0.4, -0.2) is 25.5 Å². The third-order valence-corrected chi connectivity index (χ3v) is 4.31. The minimum atomic E-state index is -0.740. The zero-order valence-electron chi connectivity index (χ0n) is 10.8. The van der Waals surface area contributed by atoms with Crippen LogP contribution in [0.5, 0.6) is 11.6 Å². The molecule has 1 unspecified atom stereocenters. The minimum absolute atomic E-state index is 0.162. The normalized spacial score (nSPS) is 22.0. The van der Waals surface area contributed by atoms with Crippen LogP contribution in [0.25, 0.3) is 0 Å². The second kappa shape index (κ2) is 4.36. The van der Waals surface area contributed by atoms with Gasteiger partial charge < -0.3 is 15.2 Å². The first-order valence-electron chi connectivity index (χ1n) is 6.30. The molecule has 2 N–H and O–H groups in total. The van der Waals surface area contributed by atoms with Gasteiger partial charge in [-0.2, -0.15) is 0 Å². The van der Waals surface area contributed by atoms with Crippen LogP contribution in [0, 0.1) is 3.57 Å². The second-order valence-electron chi connectivity index (χ2n) is 4.96. The minimum Gasteiger partial charge on any atom is -0.462 e. The molecule has 1 aromatic heterocycles. The number of ether oxygens (including phenoxy) is 2. The maximum atomic E-state index is 5.88. The SMILES string of the molecule is [B]c1cnc2c(c1)C1(COC(N)=N1)c1cc(I)ccc1O2. The molecule has 2 aromatic rings. The van der Waals surface area contributed by atoms with Gasteiger partial charge in [0.25, 0.3) is 6.02 Å². The van der Waals surface area contributed by atoms with E-state index in [0.29, 0.717) is 23.7 Å². The highest BCUT2D eigenvalue weighted by Crippen LogP contribution is 2.49. The highest BCUT2D eigenvalue weighted by atomic mass is 127. The quantitative estimate of drug-likeness (QED) is 0.543. The van der Waals surface area contributed by atoms with Crippen molar-refractivity contribution in [2.45, 2.75) is 5.54 Å². The first-order valence-corrected chi connectivity index (χ1v) is 7.38. The van der Waals surface area contributed by atoms with Crippen molar-refractivity contribution in [1.82, 2.24) is 4.98 Å². The molecule has 1 aromatic carbocycles. The molecule has 0 fully saturated rings. The van der Waals surface area contributed by atoms with Gasteiger partial charge in [0.2, 0.25) is 5.88 Å². The van der Waals surface area contributed by atoms with Gasteiger partial charge >= 0.3 is 0 Å². The van der Waals surface area contributed by atoms with E-state index in [9.17, 15) is 0 Å². The third-order valence-electron chi connectivity index (χ3n) is 3.64. The summed E-state index contributed by atoms with van der Waals surface area (Å²) in [6.45, 7) is 0.313. The molecule has 0 bridgehead atoms. The number of pyridine rings is 1. The monoisotopic (exact) mass is 389 g/mol. The van der Waals surface area contributed by atoms with E-state index in [-0.39, 0.29) is 6.02 Å². The molecule has 3 heterocycles. The summed E-state index contributed by atoms with van der Waals surface area (Å²) in [4.78, 5) is 8.81. The van der Waals surface area contributed by atoms with Gasteiger partial charge in [-0.1, -0.05) is 11.5 Å². The van der Waals surface area contributed by atoms with Crippen LogP contribution in [0.4, 0.5) is 0 Å². The summed E-state index contributed by atoms with van der Waals surface area (Å²) in [6.07, 6.45) is 1.56. The summed E-state index contributed by atoms with van der Waals surface area (Å²) >= 11 is 2.25. The van der Waals surface area contributed by atoms with Crippen molar-refractivity contribution in [3.63, 3.8) is 0 Å². The Hall–Kier alpha value is -1.77. The lowest BCUT2D eigenvalue weighted by molar-refractivity contribution is 0.262. The van der Waals surface area contributed by atoms with Crippen molar-refractivity contribution < 1.29 is 9.47 Å². The molecule has 0 saturated heterocycles. The van der Waals surface area contributed by atoms with Crippen LogP contribution in [0.2, 0.25) is 0 Å². The van der Waals surface area contributed by atoms with E-state index in [1.807, 2.05) is 24.3 Å². The van der Waals surface area contributed by atoms with Crippen molar-refractivity contribution >= 4 is 41.9 Å².